The Balaban J connectivity index is 3.91. The maximum absolute atomic E-state index is 9.21. The molecule has 0 amide bonds. The molecular formula is C5H13NOSi. The first-order chi connectivity index (χ1) is 3.50. The smallest absolute Gasteiger partial charge is 0.0938 e. The predicted octanol–water partition coefficient (Wildman–Crippen LogP) is -0.510. The largest absolute Gasteiger partial charge is 0.385 e. The zero-order chi connectivity index (χ0) is 6.78. The van der Waals surface area contributed by atoms with Crippen molar-refractivity contribution in [1.29, 1.82) is 5.41 Å². The minimum absolute atomic E-state index is 0.472. The van der Waals surface area contributed by atoms with E-state index in [1.54, 1.807) is 6.92 Å². The molecule has 3 heteroatoms. The van der Waals surface area contributed by atoms with Gasteiger partial charge in [-0.1, -0.05) is 6.92 Å². The molecule has 48 valence electrons. The second-order valence-electron chi connectivity index (χ2n) is 2.25. The highest BCUT2D eigenvalue weighted by molar-refractivity contribution is 6.60. The van der Waals surface area contributed by atoms with Gasteiger partial charge in [-0.15, -0.1) is 0 Å². The van der Waals surface area contributed by atoms with Crippen LogP contribution in [0, 0.1) is 5.41 Å². The van der Waals surface area contributed by atoms with E-state index in [0.717, 1.165) is 0 Å². The van der Waals surface area contributed by atoms with Crippen LogP contribution in [0.2, 0.25) is 0 Å². The SMILES string of the molecule is CCC(C)(O)C(=N)[SiH3]. The summed E-state index contributed by atoms with van der Waals surface area (Å²) < 4.78 is 0. The maximum atomic E-state index is 9.21. The zero-order valence-corrected chi connectivity index (χ0v) is 7.65. The molecule has 0 radical (unpaired) electrons. The molecule has 0 rings (SSSR count). The van der Waals surface area contributed by atoms with Crippen molar-refractivity contribution in [1.82, 2.24) is 0 Å². The minimum Gasteiger partial charge on any atom is -0.385 e. The van der Waals surface area contributed by atoms with Gasteiger partial charge < -0.3 is 10.5 Å². The number of rotatable bonds is 2. The van der Waals surface area contributed by atoms with Gasteiger partial charge in [0.15, 0.2) is 0 Å². The fourth-order valence-corrected chi connectivity index (χ4v) is 0.619. The van der Waals surface area contributed by atoms with Gasteiger partial charge in [-0.2, -0.15) is 0 Å². The van der Waals surface area contributed by atoms with E-state index >= 15 is 0 Å². The fourth-order valence-electron chi connectivity index (χ4n) is 0.265. The summed E-state index contributed by atoms with van der Waals surface area (Å²) in [5, 5.41) is 16.8. The van der Waals surface area contributed by atoms with Crippen molar-refractivity contribution in [3.63, 3.8) is 0 Å². The molecule has 0 saturated carbocycles. The fraction of sp³-hybridized carbons (Fsp3) is 0.800. The highest BCUT2D eigenvalue weighted by Crippen LogP contribution is 2.06. The Morgan fingerprint density at radius 1 is 1.88 bits per heavy atom. The van der Waals surface area contributed by atoms with Crippen molar-refractivity contribution in [2.75, 3.05) is 0 Å². The van der Waals surface area contributed by atoms with Crippen LogP contribution in [0.25, 0.3) is 0 Å². The van der Waals surface area contributed by atoms with E-state index in [1.807, 2.05) is 6.92 Å². The van der Waals surface area contributed by atoms with E-state index < -0.39 is 5.60 Å². The van der Waals surface area contributed by atoms with E-state index in [2.05, 4.69) is 0 Å². The van der Waals surface area contributed by atoms with Crippen molar-refractivity contribution in [3.05, 3.63) is 0 Å². The average molecular weight is 131 g/mol. The normalized spacial score (nSPS) is 17.9. The van der Waals surface area contributed by atoms with Crippen LogP contribution in [0.15, 0.2) is 0 Å². The molecule has 8 heavy (non-hydrogen) atoms. The van der Waals surface area contributed by atoms with Gasteiger partial charge in [-0.25, -0.2) is 0 Å². The number of hydrogen-bond acceptors (Lipinski definition) is 2. The van der Waals surface area contributed by atoms with Crippen LogP contribution < -0.4 is 0 Å². The standard InChI is InChI=1S/C5H13NOSi/c1-3-5(2,7)4(6)8/h6-7H,3H2,1-2,8H3. The summed E-state index contributed by atoms with van der Waals surface area (Å²) in [5.74, 6) is 0. The van der Waals surface area contributed by atoms with Gasteiger partial charge in [-0.05, 0) is 13.3 Å². The van der Waals surface area contributed by atoms with Crippen molar-refractivity contribution < 1.29 is 5.11 Å². The van der Waals surface area contributed by atoms with Crippen LogP contribution in [-0.2, 0) is 0 Å². The second kappa shape index (κ2) is 2.41. The lowest BCUT2D eigenvalue weighted by atomic mass is 10.1. The van der Waals surface area contributed by atoms with E-state index in [9.17, 15) is 5.11 Å². The average Bonchev–Trinajstić information content (AvgIpc) is 1.67. The van der Waals surface area contributed by atoms with Gasteiger partial charge in [-0.3, -0.25) is 0 Å². The van der Waals surface area contributed by atoms with E-state index in [-0.39, 0.29) is 0 Å². The Hall–Kier alpha value is -0.153. The number of hydrogen-bond donors (Lipinski definition) is 2. The summed E-state index contributed by atoms with van der Waals surface area (Å²) in [6.45, 7) is 3.56. The quantitative estimate of drug-likeness (QED) is 0.385. The molecule has 0 aliphatic carbocycles. The lowest BCUT2D eigenvalue weighted by molar-refractivity contribution is 0.130. The Labute approximate surface area is 52.8 Å². The van der Waals surface area contributed by atoms with Gasteiger partial charge in [0.25, 0.3) is 0 Å². The summed E-state index contributed by atoms with van der Waals surface area (Å²) >= 11 is 0. The van der Waals surface area contributed by atoms with E-state index in [1.165, 1.54) is 0 Å². The highest BCUT2D eigenvalue weighted by Gasteiger charge is 2.18. The number of aliphatic hydroxyl groups is 1. The lowest BCUT2D eigenvalue weighted by Gasteiger charge is -2.19. The highest BCUT2D eigenvalue weighted by atomic mass is 28.1. The van der Waals surface area contributed by atoms with Gasteiger partial charge in [0.1, 0.15) is 0 Å². The molecule has 0 bridgehead atoms. The molecule has 0 heterocycles. The van der Waals surface area contributed by atoms with Crippen LogP contribution in [0.3, 0.4) is 0 Å². The van der Waals surface area contributed by atoms with Crippen LogP contribution in [-0.4, -0.2) is 26.3 Å². The van der Waals surface area contributed by atoms with Crippen LogP contribution in [0.1, 0.15) is 20.3 Å². The molecular weight excluding hydrogens is 118 g/mol. The van der Waals surface area contributed by atoms with Crippen molar-refractivity contribution in [3.8, 4) is 0 Å². The minimum atomic E-state index is -0.813. The molecule has 0 aliphatic rings. The summed E-state index contributed by atoms with van der Waals surface area (Å²) in [4.78, 5) is 0. The first kappa shape index (κ1) is 7.85. The molecule has 0 saturated heterocycles. The zero-order valence-electron chi connectivity index (χ0n) is 5.65. The Bertz CT molecular complexity index is 101. The molecule has 2 N–H and O–H groups in total. The molecule has 0 fully saturated rings. The molecule has 1 atom stereocenters. The third kappa shape index (κ3) is 1.75. The maximum Gasteiger partial charge on any atom is 0.0938 e. The summed E-state index contributed by atoms with van der Waals surface area (Å²) in [5.41, 5.74) is -0.813. The molecule has 1 unspecified atom stereocenters. The number of nitrogens with one attached hydrogen (secondary N) is 1. The first-order valence-corrected chi connectivity index (χ1v) is 3.78. The predicted molar refractivity (Wildman–Crippen MR) is 38.6 cm³/mol. The first-order valence-electron chi connectivity index (χ1n) is 2.78. The van der Waals surface area contributed by atoms with Crippen LogP contribution in [0.4, 0.5) is 0 Å². The van der Waals surface area contributed by atoms with Gasteiger partial charge in [0, 0.05) is 5.33 Å². The third-order valence-electron chi connectivity index (χ3n) is 1.50. The molecule has 0 aromatic rings. The van der Waals surface area contributed by atoms with Crippen molar-refractivity contribution in [2.24, 2.45) is 0 Å². The Kier molecular flexibility index (Phi) is 2.37. The van der Waals surface area contributed by atoms with E-state index in [4.69, 9.17) is 5.41 Å². The van der Waals surface area contributed by atoms with E-state index in [0.29, 0.717) is 22.0 Å². The van der Waals surface area contributed by atoms with Gasteiger partial charge in [0.05, 0.1) is 15.8 Å². The molecule has 0 aromatic carbocycles. The van der Waals surface area contributed by atoms with Crippen LogP contribution >= 0.6 is 0 Å². The van der Waals surface area contributed by atoms with Crippen molar-refractivity contribution in [2.45, 2.75) is 25.9 Å². The molecule has 2 nitrogen and oxygen atoms in total. The summed E-state index contributed by atoms with van der Waals surface area (Å²) in [6.07, 6.45) is 0.648. The van der Waals surface area contributed by atoms with Crippen molar-refractivity contribution >= 4 is 15.6 Å². The molecule has 0 aromatic heterocycles. The molecule has 0 aliphatic heterocycles. The lowest BCUT2D eigenvalue weighted by Crippen LogP contribution is -2.33. The van der Waals surface area contributed by atoms with Gasteiger partial charge in [0.2, 0.25) is 0 Å². The molecule has 0 spiro atoms. The van der Waals surface area contributed by atoms with Crippen LogP contribution in [0.5, 0.6) is 0 Å². The Morgan fingerprint density at radius 2 is 2.25 bits per heavy atom. The Morgan fingerprint density at radius 3 is 2.25 bits per heavy atom. The third-order valence-corrected chi connectivity index (χ3v) is 2.57. The van der Waals surface area contributed by atoms with Gasteiger partial charge >= 0.3 is 0 Å². The monoisotopic (exact) mass is 131 g/mol. The summed E-state index contributed by atoms with van der Waals surface area (Å²) in [7, 11) is 0.670. The second-order valence-corrected chi connectivity index (χ2v) is 3.25. The topological polar surface area (TPSA) is 44.1 Å². The summed E-state index contributed by atoms with van der Waals surface area (Å²) in [6, 6.07) is 0.